The van der Waals surface area contributed by atoms with Crippen LogP contribution in [-0.4, -0.2) is 55.2 Å². The summed E-state index contributed by atoms with van der Waals surface area (Å²) in [6.45, 7) is 1.75. The molecule has 110 valence electrons. The first kappa shape index (κ1) is 16.1. The van der Waals surface area contributed by atoms with Crippen LogP contribution in [0.15, 0.2) is 24.3 Å². The maximum Gasteiger partial charge on any atom is 0.253 e. The third-order valence-corrected chi connectivity index (χ3v) is 2.62. The van der Waals surface area contributed by atoms with E-state index in [0.717, 1.165) is 0 Å². The summed E-state index contributed by atoms with van der Waals surface area (Å²) in [5.41, 5.74) is 1.01. The minimum absolute atomic E-state index is 0.170. The van der Waals surface area contributed by atoms with Crippen molar-refractivity contribution >= 4 is 17.5 Å². The number of methoxy groups -OCH3 is 1. The van der Waals surface area contributed by atoms with Crippen molar-refractivity contribution in [3.63, 3.8) is 0 Å². The number of ether oxygens (including phenoxy) is 1. The van der Waals surface area contributed by atoms with Crippen LogP contribution in [-0.2, 0) is 9.53 Å². The molecule has 1 rings (SSSR count). The van der Waals surface area contributed by atoms with Gasteiger partial charge in [-0.1, -0.05) is 6.07 Å². The number of rotatable bonds is 6. The number of hydrogen-bond acceptors (Lipinski definition) is 4. The van der Waals surface area contributed by atoms with Crippen molar-refractivity contribution < 1.29 is 19.4 Å². The molecule has 2 N–H and O–H groups in total. The van der Waals surface area contributed by atoms with Crippen LogP contribution in [0.4, 0.5) is 5.69 Å². The Morgan fingerprint density at radius 1 is 1.45 bits per heavy atom. The van der Waals surface area contributed by atoms with E-state index in [2.05, 4.69) is 5.32 Å². The van der Waals surface area contributed by atoms with E-state index >= 15 is 0 Å². The molecule has 0 bridgehead atoms. The van der Waals surface area contributed by atoms with E-state index in [1.54, 1.807) is 31.3 Å². The molecule has 1 unspecified atom stereocenters. The molecular weight excluding hydrogens is 260 g/mol. The molecule has 0 heterocycles. The Morgan fingerprint density at radius 3 is 2.75 bits per heavy atom. The smallest absolute Gasteiger partial charge is 0.253 e. The van der Waals surface area contributed by atoms with Crippen LogP contribution >= 0.6 is 0 Å². The second-order valence-corrected chi connectivity index (χ2v) is 4.56. The minimum atomic E-state index is -0.729. The number of nitrogens with zero attached hydrogens (tertiary/aromatic N) is 1. The average Bonchev–Trinajstić information content (AvgIpc) is 2.37. The topological polar surface area (TPSA) is 78.9 Å². The summed E-state index contributed by atoms with van der Waals surface area (Å²) in [7, 11) is 3.09. The summed E-state index contributed by atoms with van der Waals surface area (Å²) in [4.78, 5) is 24.6. The fourth-order valence-electron chi connectivity index (χ4n) is 1.80. The van der Waals surface area contributed by atoms with E-state index in [0.29, 0.717) is 11.3 Å². The quantitative estimate of drug-likeness (QED) is 0.805. The zero-order valence-corrected chi connectivity index (χ0v) is 11.9. The number of aliphatic hydroxyl groups excluding tert-OH is 1. The van der Waals surface area contributed by atoms with Crippen LogP contribution in [0.3, 0.4) is 0 Å². The highest BCUT2D eigenvalue weighted by Gasteiger charge is 2.15. The molecule has 20 heavy (non-hydrogen) atoms. The Labute approximate surface area is 118 Å². The molecule has 0 saturated heterocycles. The SMILES string of the molecule is COCC(O)CN(C)C(=O)c1cccc(NC(C)=O)c1. The molecule has 0 spiro atoms. The number of anilines is 1. The number of nitrogens with one attached hydrogen (secondary N) is 1. The molecule has 0 aromatic heterocycles. The van der Waals surface area contributed by atoms with Gasteiger partial charge in [-0.25, -0.2) is 0 Å². The molecule has 0 saturated carbocycles. The lowest BCUT2D eigenvalue weighted by Crippen LogP contribution is -2.36. The van der Waals surface area contributed by atoms with Crippen LogP contribution in [0.2, 0.25) is 0 Å². The van der Waals surface area contributed by atoms with Gasteiger partial charge in [0, 0.05) is 38.9 Å². The van der Waals surface area contributed by atoms with E-state index in [1.165, 1.54) is 18.9 Å². The van der Waals surface area contributed by atoms with Gasteiger partial charge in [-0.3, -0.25) is 9.59 Å². The summed E-state index contributed by atoms with van der Waals surface area (Å²) in [6, 6.07) is 6.66. The molecule has 6 nitrogen and oxygen atoms in total. The van der Waals surface area contributed by atoms with Gasteiger partial charge in [0.2, 0.25) is 5.91 Å². The van der Waals surface area contributed by atoms with Gasteiger partial charge < -0.3 is 20.1 Å². The Morgan fingerprint density at radius 2 is 2.15 bits per heavy atom. The van der Waals surface area contributed by atoms with Crippen molar-refractivity contribution in [1.82, 2.24) is 4.90 Å². The van der Waals surface area contributed by atoms with Gasteiger partial charge in [0.05, 0.1) is 12.7 Å². The largest absolute Gasteiger partial charge is 0.389 e. The minimum Gasteiger partial charge on any atom is -0.389 e. The molecule has 1 atom stereocenters. The Bertz CT molecular complexity index is 476. The van der Waals surface area contributed by atoms with Crippen molar-refractivity contribution in [2.24, 2.45) is 0 Å². The number of benzene rings is 1. The molecule has 0 aliphatic rings. The Hall–Kier alpha value is -1.92. The molecule has 6 heteroatoms. The first-order chi connectivity index (χ1) is 9.43. The molecular formula is C14H20N2O4. The van der Waals surface area contributed by atoms with Crippen molar-refractivity contribution in [2.45, 2.75) is 13.0 Å². The summed E-state index contributed by atoms with van der Waals surface area (Å²) in [5.74, 6) is -0.425. The molecule has 1 aromatic carbocycles. The van der Waals surface area contributed by atoms with Crippen molar-refractivity contribution in [2.75, 3.05) is 32.6 Å². The number of carbonyl (C=O) groups excluding carboxylic acids is 2. The fraction of sp³-hybridized carbons (Fsp3) is 0.429. The van der Waals surface area contributed by atoms with Gasteiger partial charge >= 0.3 is 0 Å². The van der Waals surface area contributed by atoms with Crippen LogP contribution < -0.4 is 5.32 Å². The van der Waals surface area contributed by atoms with Gasteiger partial charge in [0.25, 0.3) is 5.91 Å². The average molecular weight is 280 g/mol. The van der Waals surface area contributed by atoms with Crippen molar-refractivity contribution in [1.29, 1.82) is 0 Å². The summed E-state index contributed by atoms with van der Waals surface area (Å²) in [5, 5.41) is 12.2. The maximum atomic E-state index is 12.2. The normalized spacial score (nSPS) is 11.8. The van der Waals surface area contributed by atoms with Crippen LogP contribution in [0.1, 0.15) is 17.3 Å². The monoisotopic (exact) mass is 280 g/mol. The predicted molar refractivity (Wildman–Crippen MR) is 75.6 cm³/mol. The zero-order valence-electron chi connectivity index (χ0n) is 11.9. The molecule has 2 amide bonds. The summed E-state index contributed by atoms with van der Waals surface area (Å²) < 4.78 is 4.82. The summed E-state index contributed by atoms with van der Waals surface area (Å²) in [6.07, 6.45) is -0.729. The number of likely N-dealkylation sites (N-methyl/N-ethyl adjacent to an activating group) is 1. The van der Waals surface area contributed by atoms with E-state index < -0.39 is 6.10 Å². The fourth-order valence-corrected chi connectivity index (χ4v) is 1.80. The van der Waals surface area contributed by atoms with Crippen LogP contribution in [0.5, 0.6) is 0 Å². The highest BCUT2D eigenvalue weighted by atomic mass is 16.5. The molecule has 0 radical (unpaired) electrons. The lowest BCUT2D eigenvalue weighted by molar-refractivity contribution is -0.114. The first-order valence-electron chi connectivity index (χ1n) is 6.24. The number of aliphatic hydroxyl groups is 1. The molecule has 0 aliphatic heterocycles. The van der Waals surface area contributed by atoms with Gasteiger partial charge in [0.15, 0.2) is 0 Å². The second kappa shape index (κ2) is 7.62. The maximum absolute atomic E-state index is 12.2. The van der Waals surface area contributed by atoms with Crippen LogP contribution in [0, 0.1) is 0 Å². The third kappa shape index (κ3) is 4.99. The predicted octanol–water partition coefficient (Wildman–Crippen LogP) is 0.724. The first-order valence-corrected chi connectivity index (χ1v) is 6.24. The van der Waals surface area contributed by atoms with E-state index in [9.17, 15) is 14.7 Å². The number of hydrogen-bond donors (Lipinski definition) is 2. The lowest BCUT2D eigenvalue weighted by atomic mass is 10.1. The highest BCUT2D eigenvalue weighted by Crippen LogP contribution is 2.12. The third-order valence-electron chi connectivity index (χ3n) is 2.62. The standard InChI is InChI=1S/C14H20N2O4/c1-10(17)15-12-6-4-5-11(7-12)14(19)16(2)8-13(18)9-20-3/h4-7,13,18H,8-9H2,1-3H3,(H,15,17). The molecule has 0 fully saturated rings. The van der Waals surface area contributed by atoms with Gasteiger partial charge in [-0.05, 0) is 18.2 Å². The molecule has 1 aromatic rings. The summed E-state index contributed by atoms with van der Waals surface area (Å²) >= 11 is 0. The van der Waals surface area contributed by atoms with Gasteiger partial charge in [-0.2, -0.15) is 0 Å². The number of carbonyl (C=O) groups is 2. The number of amides is 2. The Kier molecular flexibility index (Phi) is 6.14. The molecule has 0 aliphatic carbocycles. The second-order valence-electron chi connectivity index (χ2n) is 4.56. The highest BCUT2D eigenvalue weighted by molar-refractivity contribution is 5.96. The zero-order chi connectivity index (χ0) is 15.1. The van der Waals surface area contributed by atoms with Crippen molar-refractivity contribution in [3.8, 4) is 0 Å². The Balaban J connectivity index is 2.73. The van der Waals surface area contributed by atoms with Gasteiger partial charge in [0.1, 0.15) is 0 Å². The van der Waals surface area contributed by atoms with E-state index in [1.807, 2.05) is 0 Å². The lowest BCUT2D eigenvalue weighted by Gasteiger charge is -2.20. The van der Waals surface area contributed by atoms with Crippen LogP contribution in [0.25, 0.3) is 0 Å². The van der Waals surface area contributed by atoms with E-state index in [-0.39, 0.29) is 25.0 Å². The van der Waals surface area contributed by atoms with E-state index in [4.69, 9.17) is 4.74 Å². The van der Waals surface area contributed by atoms with Gasteiger partial charge in [-0.15, -0.1) is 0 Å². The van der Waals surface area contributed by atoms with Crippen molar-refractivity contribution in [3.05, 3.63) is 29.8 Å².